The summed E-state index contributed by atoms with van der Waals surface area (Å²) in [7, 11) is 0. The van der Waals surface area contributed by atoms with Crippen molar-refractivity contribution in [2.75, 3.05) is 26.2 Å². The molecule has 2 fully saturated rings. The Balaban J connectivity index is 0.982. The molecule has 0 saturated carbocycles. The number of aromatic amines is 1. The van der Waals surface area contributed by atoms with E-state index in [1.54, 1.807) is 12.1 Å². The van der Waals surface area contributed by atoms with E-state index in [0.29, 0.717) is 81.0 Å². The lowest BCUT2D eigenvalue weighted by Crippen LogP contribution is -3.11. The molecule has 0 bridgehead atoms. The van der Waals surface area contributed by atoms with Crippen molar-refractivity contribution >= 4 is 44.3 Å². The Bertz CT molecular complexity index is 2760. The van der Waals surface area contributed by atoms with Crippen LogP contribution in [-0.4, -0.2) is 51.3 Å². The van der Waals surface area contributed by atoms with Gasteiger partial charge in [0.05, 0.1) is 64.7 Å². The third-order valence-corrected chi connectivity index (χ3v) is 13.1. The number of phenols is 2. The van der Waals surface area contributed by atoms with Crippen molar-refractivity contribution in [3.63, 3.8) is 0 Å². The first kappa shape index (κ1) is 36.3. The topological polar surface area (TPSA) is 151 Å². The molecule has 0 spiro atoms. The summed E-state index contributed by atoms with van der Waals surface area (Å²) in [5.41, 5.74) is 7.86. The predicted molar refractivity (Wildman–Crippen MR) is 218 cm³/mol. The summed E-state index contributed by atoms with van der Waals surface area (Å²) in [5.74, 6) is 1.15. The molecule has 2 saturated heterocycles. The molecule has 2 aliphatic heterocycles. The number of aryl methyl sites for hydroxylation is 3. The third kappa shape index (κ3) is 6.39. The minimum atomic E-state index is -0.168. The first-order chi connectivity index (χ1) is 27.2. The number of likely N-dealkylation sites (tertiary alicyclic amines) is 2. The molecule has 0 aliphatic carbocycles. The minimum absolute atomic E-state index is 0.136. The van der Waals surface area contributed by atoms with Crippen LogP contribution in [0.1, 0.15) is 79.0 Å². The van der Waals surface area contributed by atoms with Gasteiger partial charge in [0.2, 0.25) is 10.9 Å². The lowest BCUT2D eigenvalue weighted by Gasteiger charge is -2.24. The highest BCUT2D eigenvalue weighted by Gasteiger charge is 2.31. The van der Waals surface area contributed by atoms with E-state index in [2.05, 4.69) is 22.1 Å². The van der Waals surface area contributed by atoms with Crippen molar-refractivity contribution in [1.82, 2.24) is 15.0 Å². The van der Waals surface area contributed by atoms with Crippen LogP contribution in [0.15, 0.2) is 66.7 Å². The highest BCUT2D eigenvalue weighted by Crippen LogP contribution is 2.34. The Morgan fingerprint density at radius 2 is 1.46 bits per heavy atom. The standard InChI is InChI=1S/C44H45N5O6S/c1-4-25-15-29-39(52)33(21-54-41(29)31(37(25)50)19-48-12-7-6-8-13-48)43-46-35-10-9-27(17-36(35)47-43)28-11-14-49(18-28)20-32-38(51)26(5-2)16-30-40(53)34(22-55-42(30)32)44-45-24(3)23-56-44/h9-10,15-17,21-23,28,50-51H,4-8,11-14,18-20H2,1-3H3,(H,46,47)/p+2. The van der Waals surface area contributed by atoms with E-state index in [0.717, 1.165) is 73.3 Å². The van der Waals surface area contributed by atoms with Crippen LogP contribution < -0.4 is 20.7 Å². The second-order valence-corrected chi connectivity index (χ2v) is 16.5. The van der Waals surface area contributed by atoms with Gasteiger partial charge in [-0.05, 0) is 80.0 Å². The monoisotopic (exact) mass is 773 g/mol. The largest absolute Gasteiger partial charge is 0.507 e. The number of imidazole rings is 1. The molecule has 12 heteroatoms. The molecule has 5 N–H and O–H groups in total. The van der Waals surface area contributed by atoms with Crippen molar-refractivity contribution in [1.29, 1.82) is 0 Å². The zero-order valence-electron chi connectivity index (χ0n) is 32.0. The molecule has 0 radical (unpaired) electrons. The average molecular weight is 774 g/mol. The van der Waals surface area contributed by atoms with E-state index < -0.39 is 0 Å². The van der Waals surface area contributed by atoms with Crippen LogP contribution in [0.3, 0.4) is 0 Å². The number of aromatic hydroxyl groups is 2. The van der Waals surface area contributed by atoms with Crippen LogP contribution >= 0.6 is 11.3 Å². The van der Waals surface area contributed by atoms with Gasteiger partial charge in [-0.15, -0.1) is 11.3 Å². The SMILES string of the molecule is CCc1cc2c(=O)c(-c3nc4ccc(C5CC[NH+](Cc6c(O)c(CC)cc7c(=O)c(-c8nc(C)cs8)coc67)C5)cc4[nH]3)coc2c(C[NH+]2CCCCC2)c1O. The zero-order chi connectivity index (χ0) is 38.7. The van der Waals surface area contributed by atoms with E-state index in [-0.39, 0.29) is 28.3 Å². The Labute approximate surface area is 327 Å². The number of fused-ring (bicyclic) bond motifs is 3. The maximum atomic E-state index is 14.1. The van der Waals surface area contributed by atoms with Gasteiger partial charge in [0.1, 0.15) is 64.7 Å². The fourth-order valence-corrected chi connectivity index (χ4v) is 9.75. The van der Waals surface area contributed by atoms with Crippen LogP contribution in [0.25, 0.3) is 54.9 Å². The van der Waals surface area contributed by atoms with Gasteiger partial charge in [-0.1, -0.05) is 19.9 Å². The molecular formula is C44H47N5O6S+2. The average Bonchev–Trinajstić information content (AvgIpc) is 3.97. The number of phenolic OH excluding ortho intramolecular Hbond substituents is 2. The van der Waals surface area contributed by atoms with E-state index >= 15 is 0 Å². The number of aromatic nitrogens is 3. The maximum absolute atomic E-state index is 14.1. The number of nitrogens with one attached hydrogen (secondary N) is 3. The Morgan fingerprint density at radius 1 is 0.821 bits per heavy atom. The summed E-state index contributed by atoms with van der Waals surface area (Å²) in [5, 5.41) is 26.1. The molecule has 288 valence electrons. The van der Waals surface area contributed by atoms with Crippen LogP contribution in [0.4, 0.5) is 0 Å². The minimum Gasteiger partial charge on any atom is -0.507 e. The van der Waals surface area contributed by atoms with Gasteiger partial charge < -0.3 is 33.8 Å². The third-order valence-electron chi connectivity index (χ3n) is 12.1. The second-order valence-electron chi connectivity index (χ2n) is 15.7. The molecule has 3 aromatic carbocycles. The Morgan fingerprint density at radius 3 is 2.11 bits per heavy atom. The fraction of sp³-hybridized carbons (Fsp3) is 0.364. The number of hydrogen-bond donors (Lipinski definition) is 5. The van der Waals surface area contributed by atoms with Crippen LogP contribution in [0.5, 0.6) is 11.5 Å². The molecule has 7 aromatic rings. The summed E-state index contributed by atoms with van der Waals surface area (Å²) in [6, 6.07) is 9.78. The van der Waals surface area contributed by atoms with Gasteiger partial charge in [-0.25, -0.2) is 9.97 Å². The second kappa shape index (κ2) is 14.6. The summed E-state index contributed by atoms with van der Waals surface area (Å²) in [4.78, 5) is 43.2. The molecule has 4 aromatic heterocycles. The molecule has 2 unspecified atom stereocenters. The molecule has 0 amide bonds. The predicted octanol–water partition coefficient (Wildman–Crippen LogP) is 5.55. The molecule has 6 heterocycles. The van der Waals surface area contributed by atoms with Gasteiger partial charge >= 0.3 is 0 Å². The first-order valence-corrected chi connectivity index (χ1v) is 20.8. The summed E-state index contributed by atoms with van der Waals surface area (Å²) in [6.07, 6.45) is 8.67. The first-order valence-electron chi connectivity index (χ1n) is 19.9. The number of benzene rings is 3. The van der Waals surface area contributed by atoms with E-state index in [1.165, 1.54) is 45.6 Å². The number of H-pyrrole nitrogens is 1. The highest BCUT2D eigenvalue weighted by molar-refractivity contribution is 7.13. The lowest BCUT2D eigenvalue weighted by molar-refractivity contribution is -0.918. The van der Waals surface area contributed by atoms with Gasteiger partial charge in [-0.3, -0.25) is 9.59 Å². The number of thiazole rings is 1. The van der Waals surface area contributed by atoms with Crippen LogP contribution in [0, 0.1) is 6.92 Å². The van der Waals surface area contributed by atoms with E-state index in [1.807, 2.05) is 32.2 Å². The van der Waals surface area contributed by atoms with E-state index in [4.69, 9.17) is 13.8 Å². The van der Waals surface area contributed by atoms with Gasteiger partial charge in [0, 0.05) is 23.4 Å². The van der Waals surface area contributed by atoms with Crippen molar-refractivity contribution in [3.05, 3.63) is 102 Å². The maximum Gasteiger partial charge on any atom is 0.203 e. The normalized spacial score (nSPS) is 17.8. The number of rotatable bonds is 9. The smallest absolute Gasteiger partial charge is 0.203 e. The number of hydrogen-bond acceptors (Lipinski definition) is 9. The van der Waals surface area contributed by atoms with Crippen molar-refractivity contribution < 1.29 is 28.8 Å². The summed E-state index contributed by atoms with van der Waals surface area (Å²) >= 11 is 1.42. The number of piperidine rings is 1. The lowest BCUT2D eigenvalue weighted by atomic mass is 9.98. The van der Waals surface area contributed by atoms with Crippen molar-refractivity contribution in [2.45, 2.75) is 78.3 Å². The molecule has 11 nitrogen and oxygen atoms in total. The van der Waals surface area contributed by atoms with Gasteiger partial charge in [-0.2, -0.15) is 0 Å². The molecule has 2 aliphatic rings. The number of quaternary nitrogens is 2. The Hall–Kier alpha value is -5.30. The van der Waals surface area contributed by atoms with Gasteiger partial charge in [0.25, 0.3) is 0 Å². The van der Waals surface area contributed by atoms with E-state index in [9.17, 15) is 19.8 Å². The molecule has 2 atom stereocenters. The van der Waals surface area contributed by atoms with Gasteiger partial charge in [0.15, 0.2) is 0 Å². The quantitative estimate of drug-likeness (QED) is 0.128. The Kier molecular flexibility index (Phi) is 9.51. The van der Waals surface area contributed by atoms with Crippen LogP contribution in [-0.2, 0) is 25.9 Å². The fourth-order valence-electron chi connectivity index (χ4n) is 8.95. The molecule has 9 rings (SSSR count). The summed E-state index contributed by atoms with van der Waals surface area (Å²) < 4.78 is 12.3. The van der Waals surface area contributed by atoms with Crippen molar-refractivity contribution in [2.24, 2.45) is 0 Å². The highest BCUT2D eigenvalue weighted by atomic mass is 32.1. The number of nitrogens with zero attached hydrogens (tertiary/aromatic N) is 2. The van der Waals surface area contributed by atoms with Crippen molar-refractivity contribution in [3.8, 4) is 33.5 Å². The zero-order valence-corrected chi connectivity index (χ0v) is 32.8. The molecule has 56 heavy (non-hydrogen) atoms. The molecular weight excluding hydrogens is 727 g/mol. The summed E-state index contributed by atoms with van der Waals surface area (Å²) in [6.45, 7) is 10.8. The van der Waals surface area contributed by atoms with Crippen LogP contribution in [0.2, 0.25) is 0 Å².